The molecule has 0 aliphatic carbocycles. The fourth-order valence-corrected chi connectivity index (χ4v) is 2.74. The molecule has 1 unspecified atom stereocenters. The second-order valence-corrected chi connectivity index (χ2v) is 6.45. The molecule has 1 aliphatic heterocycles. The van der Waals surface area contributed by atoms with Crippen LogP contribution >= 0.6 is 0 Å². The minimum Gasteiger partial charge on any atom is -0.489 e. The van der Waals surface area contributed by atoms with Crippen LogP contribution in [0.2, 0.25) is 0 Å². The highest BCUT2D eigenvalue weighted by Crippen LogP contribution is 2.22. The average Bonchev–Trinajstić information content (AvgIpc) is 2.96. The number of cyclic esters (lactones) is 1. The number of nitrogens with two attached hydrogens (primary N) is 1. The number of benzene rings is 2. The number of amides is 2. The van der Waals surface area contributed by atoms with Crippen molar-refractivity contribution in [3.63, 3.8) is 0 Å². The lowest BCUT2D eigenvalue weighted by Crippen LogP contribution is -2.54. The lowest BCUT2D eigenvalue weighted by atomic mass is 10.0. The summed E-state index contributed by atoms with van der Waals surface area (Å²) in [6.45, 7) is 2.50. The largest absolute Gasteiger partial charge is 0.489 e. The molecule has 0 saturated carbocycles. The molecule has 27 heavy (non-hydrogen) atoms. The van der Waals surface area contributed by atoms with Crippen molar-refractivity contribution < 1.29 is 23.9 Å². The Morgan fingerprint density at radius 3 is 2.26 bits per heavy atom. The SMILES string of the molecule is Cc1ccc(COc2ccc(CCC3(C(N)=O)NC(=O)C(=O)O3)cc2)cc1. The molecule has 3 N–H and O–H groups in total. The number of nitrogens with one attached hydrogen (secondary N) is 1. The summed E-state index contributed by atoms with van der Waals surface area (Å²) in [6, 6.07) is 15.4. The van der Waals surface area contributed by atoms with E-state index in [9.17, 15) is 14.4 Å². The standard InChI is InChI=1S/C20H20N2O5/c1-13-2-4-15(5-3-13)12-26-16-8-6-14(7-9-16)10-11-20(19(21)25)22-17(23)18(24)27-20/h2-9H,10-12H2,1H3,(H2,21,25)(H,22,23). The van der Waals surface area contributed by atoms with Gasteiger partial charge in [-0.2, -0.15) is 0 Å². The summed E-state index contributed by atoms with van der Waals surface area (Å²) in [5.74, 6) is -2.26. The first-order valence-corrected chi connectivity index (χ1v) is 8.51. The van der Waals surface area contributed by atoms with E-state index in [4.69, 9.17) is 15.2 Å². The Hall–Kier alpha value is -3.35. The van der Waals surface area contributed by atoms with Crippen LogP contribution < -0.4 is 15.8 Å². The minimum atomic E-state index is -1.78. The summed E-state index contributed by atoms with van der Waals surface area (Å²) in [5.41, 5.74) is 6.67. The average molecular weight is 368 g/mol. The van der Waals surface area contributed by atoms with Crippen molar-refractivity contribution >= 4 is 17.8 Å². The third kappa shape index (κ3) is 4.25. The monoisotopic (exact) mass is 368 g/mol. The predicted molar refractivity (Wildman–Crippen MR) is 96.4 cm³/mol. The Kier molecular flexibility index (Phi) is 5.12. The lowest BCUT2D eigenvalue weighted by molar-refractivity contribution is -0.160. The zero-order chi connectivity index (χ0) is 19.4. The molecule has 2 amide bonds. The smallest absolute Gasteiger partial charge is 0.399 e. The lowest BCUT2D eigenvalue weighted by Gasteiger charge is -2.23. The molecule has 140 valence electrons. The van der Waals surface area contributed by atoms with Crippen LogP contribution in [0.3, 0.4) is 0 Å². The van der Waals surface area contributed by atoms with Crippen LogP contribution in [0, 0.1) is 6.92 Å². The maximum atomic E-state index is 11.6. The van der Waals surface area contributed by atoms with E-state index in [2.05, 4.69) is 5.32 Å². The second kappa shape index (κ2) is 7.49. The van der Waals surface area contributed by atoms with E-state index in [1.54, 1.807) is 0 Å². The molecule has 1 heterocycles. The van der Waals surface area contributed by atoms with Crippen LogP contribution in [-0.4, -0.2) is 23.5 Å². The van der Waals surface area contributed by atoms with Gasteiger partial charge in [0.1, 0.15) is 12.4 Å². The first kappa shape index (κ1) is 18.4. The van der Waals surface area contributed by atoms with Crippen LogP contribution in [0.5, 0.6) is 5.75 Å². The summed E-state index contributed by atoms with van der Waals surface area (Å²) in [4.78, 5) is 34.3. The van der Waals surface area contributed by atoms with Crippen molar-refractivity contribution in [3.05, 3.63) is 65.2 Å². The molecule has 7 nitrogen and oxygen atoms in total. The van der Waals surface area contributed by atoms with Crippen molar-refractivity contribution in [1.29, 1.82) is 0 Å². The third-order valence-corrected chi connectivity index (χ3v) is 4.38. The number of esters is 1. The first-order chi connectivity index (χ1) is 12.9. The summed E-state index contributed by atoms with van der Waals surface area (Å²) in [5, 5.41) is 2.23. The number of rotatable bonds is 7. The second-order valence-electron chi connectivity index (χ2n) is 6.45. The number of carbonyl (C=O) groups excluding carboxylic acids is 3. The van der Waals surface area contributed by atoms with Gasteiger partial charge in [0.25, 0.3) is 11.6 Å². The van der Waals surface area contributed by atoms with Crippen molar-refractivity contribution in [2.75, 3.05) is 0 Å². The van der Waals surface area contributed by atoms with Crippen LogP contribution in [-0.2, 0) is 32.1 Å². The quantitative estimate of drug-likeness (QED) is 0.567. The van der Waals surface area contributed by atoms with E-state index < -0.39 is 23.5 Å². The summed E-state index contributed by atoms with van der Waals surface area (Å²) >= 11 is 0. The number of aryl methyl sites for hydroxylation is 2. The molecule has 2 aromatic rings. The fraction of sp³-hybridized carbons (Fsp3) is 0.250. The number of ether oxygens (including phenoxy) is 2. The van der Waals surface area contributed by atoms with Crippen molar-refractivity contribution in [3.8, 4) is 5.75 Å². The van der Waals surface area contributed by atoms with E-state index in [0.29, 0.717) is 18.8 Å². The summed E-state index contributed by atoms with van der Waals surface area (Å²) < 4.78 is 10.6. The highest BCUT2D eigenvalue weighted by Gasteiger charge is 2.50. The molecule has 1 aliphatic rings. The Balaban J connectivity index is 1.57. The molecule has 1 fully saturated rings. The number of hydrogen-bond acceptors (Lipinski definition) is 5. The van der Waals surface area contributed by atoms with Gasteiger partial charge in [0.15, 0.2) is 0 Å². The Morgan fingerprint density at radius 2 is 1.70 bits per heavy atom. The Labute approximate surface area is 156 Å². The molecule has 3 rings (SSSR count). The van der Waals surface area contributed by atoms with Gasteiger partial charge in [-0.25, -0.2) is 4.79 Å². The summed E-state index contributed by atoms with van der Waals surface area (Å²) in [6.07, 6.45) is 0.443. The zero-order valence-corrected chi connectivity index (χ0v) is 14.9. The predicted octanol–water partition coefficient (Wildman–Crippen LogP) is 1.36. The maximum absolute atomic E-state index is 11.6. The van der Waals surface area contributed by atoms with Gasteiger partial charge in [-0.1, -0.05) is 42.0 Å². The highest BCUT2D eigenvalue weighted by atomic mass is 16.6. The van der Waals surface area contributed by atoms with E-state index in [0.717, 1.165) is 11.1 Å². The van der Waals surface area contributed by atoms with Gasteiger partial charge in [-0.15, -0.1) is 0 Å². The topological polar surface area (TPSA) is 108 Å². The molecule has 0 radical (unpaired) electrons. The van der Waals surface area contributed by atoms with Gasteiger partial charge in [0.05, 0.1) is 0 Å². The van der Waals surface area contributed by atoms with Gasteiger partial charge < -0.3 is 20.5 Å². The van der Waals surface area contributed by atoms with Gasteiger partial charge >= 0.3 is 11.9 Å². The van der Waals surface area contributed by atoms with Crippen LogP contribution in [0.4, 0.5) is 0 Å². The van der Waals surface area contributed by atoms with Crippen molar-refractivity contribution in [1.82, 2.24) is 5.32 Å². The molecule has 7 heteroatoms. The van der Waals surface area contributed by atoms with Gasteiger partial charge in [0, 0.05) is 6.42 Å². The Morgan fingerprint density at radius 1 is 1.07 bits per heavy atom. The summed E-state index contributed by atoms with van der Waals surface area (Å²) in [7, 11) is 0. The first-order valence-electron chi connectivity index (χ1n) is 8.51. The molecule has 0 aromatic heterocycles. The molecular formula is C20H20N2O5. The Bertz CT molecular complexity index is 843. The molecule has 0 bridgehead atoms. The minimum absolute atomic E-state index is 0.0589. The van der Waals surface area contributed by atoms with Gasteiger partial charge in [-0.3, -0.25) is 9.59 Å². The molecule has 2 aromatic carbocycles. The van der Waals surface area contributed by atoms with Crippen molar-refractivity contribution in [2.45, 2.75) is 32.1 Å². The van der Waals surface area contributed by atoms with E-state index in [1.165, 1.54) is 5.56 Å². The molecule has 1 atom stereocenters. The van der Waals surface area contributed by atoms with Gasteiger partial charge in [-0.05, 0) is 36.6 Å². The number of hydrogen-bond donors (Lipinski definition) is 2. The van der Waals surface area contributed by atoms with E-state index >= 15 is 0 Å². The normalized spacial score (nSPS) is 18.7. The number of carbonyl (C=O) groups is 3. The highest BCUT2D eigenvalue weighted by molar-refractivity contribution is 6.35. The molecule has 1 saturated heterocycles. The van der Waals surface area contributed by atoms with Crippen molar-refractivity contribution in [2.24, 2.45) is 5.73 Å². The molecular weight excluding hydrogens is 348 g/mol. The zero-order valence-electron chi connectivity index (χ0n) is 14.9. The van der Waals surface area contributed by atoms with Crippen LogP contribution in [0.25, 0.3) is 0 Å². The maximum Gasteiger partial charge on any atom is 0.399 e. The fourth-order valence-electron chi connectivity index (χ4n) is 2.74. The van der Waals surface area contributed by atoms with E-state index in [1.807, 2.05) is 55.5 Å². The van der Waals surface area contributed by atoms with Gasteiger partial charge in [0.2, 0.25) is 0 Å². The van der Waals surface area contributed by atoms with E-state index in [-0.39, 0.29) is 6.42 Å². The van der Waals surface area contributed by atoms with Crippen LogP contribution in [0.15, 0.2) is 48.5 Å². The van der Waals surface area contributed by atoms with Crippen LogP contribution in [0.1, 0.15) is 23.1 Å². The molecule has 0 spiro atoms. The third-order valence-electron chi connectivity index (χ3n) is 4.38. The number of primary amides is 1.